The van der Waals surface area contributed by atoms with Crippen molar-refractivity contribution in [2.75, 3.05) is 31.1 Å². The minimum absolute atomic E-state index is 0.793. The summed E-state index contributed by atoms with van der Waals surface area (Å²) < 4.78 is 1.80. The van der Waals surface area contributed by atoms with Crippen molar-refractivity contribution in [3.63, 3.8) is 0 Å². The van der Waals surface area contributed by atoms with Gasteiger partial charge in [-0.3, -0.25) is 0 Å². The second kappa shape index (κ2) is 4.78. The molecule has 3 rings (SSSR count). The fraction of sp³-hybridized carbons (Fsp3) is 0.385. The average Bonchev–Trinajstić information content (AvgIpc) is 2.87. The summed E-state index contributed by atoms with van der Waals surface area (Å²) in [6.07, 6.45) is 1.75. The molecule has 0 saturated carbocycles. The van der Waals surface area contributed by atoms with Crippen molar-refractivity contribution in [3.05, 3.63) is 36.4 Å². The summed E-state index contributed by atoms with van der Waals surface area (Å²) in [5.74, 6) is 0.793. The molecule has 1 saturated heterocycles. The molecular formula is C13H17N5. The molecule has 1 aromatic heterocycles. The summed E-state index contributed by atoms with van der Waals surface area (Å²) in [4.78, 5) is 6.53. The van der Waals surface area contributed by atoms with Crippen LogP contribution in [0.15, 0.2) is 30.6 Å². The van der Waals surface area contributed by atoms with Gasteiger partial charge >= 0.3 is 0 Å². The third kappa shape index (κ3) is 2.22. The summed E-state index contributed by atoms with van der Waals surface area (Å²) in [7, 11) is 0. The zero-order valence-corrected chi connectivity index (χ0v) is 10.5. The van der Waals surface area contributed by atoms with Gasteiger partial charge in [0.05, 0.1) is 5.69 Å². The van der Waals surface area contributed by atoms with E-state index in [0.717, 1.165) is 37.7 Å². The average molecular weight is 243 g/mol. The molecule has 1 N–H and O–H groups in total. The Hall–Kier alpha value is -1.88. The van der Waals surface area contributed by atoms with Crippen LogP contribution in [0.2, 0.25) is 0 Å². The first-order valence-corrected chi connectivity index (χ1v) is 6.27. The highest BCUT2D eigenvalue weighted by Gasteiger charge is 2.10. The maximum Gasteiger partial charge on any atom is 0.147 e. The van der Waals surface area contributed by atoms with E-state index in [1.807, 2.05) is 6.92 Å². The van der Waals surface area contributed by atoms with Crippen molar-refractivity contribution < 1.29 is 0 Å². The smallest absolute Gasteiger partial charge is 0.147 e. The van der Waals surface area contributed by atoms with Gasteiger partial charge in [0, 0.05) is 31.9 Å². The topological polar surface area (TPSA) is 46.0 Å². The second-order valence-electron chi connectivity index (χ2n) is 4.49. The molecular weight excluding hydrogens is 226 g/mol. The number of hydrogen-bond donors (Lipinski definition) is 1. The van der Waals surface area contributed by atoms with Gasteiger partial charge in [-0.2, -0.15) is 5.10 Å². The first-order chi connectivity index (χ1) is 8.83. The van der Waals surface area contributed by atoms with Crippen molar-refractivity contribution in [1.29, 1.82) is 0 Å². The van der Waals surface area contributed by atoms with E-state index in [2.05, 4.69) is 44.6 Å². The predicted molar refractivity (Wildman–Crippen MR) is 71.2 cm³/mol. The van der Waals surface area contributed by atoms with Gasteiger partial charge in [-0.25, -0.2) is 9.67 Å². The van der Waals surface area contributed by atoms with Gasteiger partial charge in [-0.1, -0.05) is 0 Å². The van der Waals surface area contributed by atoms with Crippen LogP contribution in [0.25, 0.3) is 5.69 Å². The Kier molecular flexibility index (Phi) is 2.98. The van der Waals surface area contributed by atoms with E-state index in [1.54, 1.807) is 11.0 Å². The van der Waals surface area contributed by atoms with Gasteiger partial charge in [0.15, 0.2) is 0 Å². The first-order valence-electron chi connectivity index (χ1n) is 6.27. The number of aromatic nitrogens is 3. The molecule has 0 bridgehead atoms. The lowest BCUT2D eigenvalue weighted by Gasteiger charge is -2.29. The number of benzene rings is 1. The standard InChI is InChI=1S/C13H17N5/c1-11-15-10-18(16-11)13-4-2-12(3-5-13)17-8-6-14-7-9-17/h2-5,10,14H,6-9H2,1H3. The molecule has 5 nitrogen and oxygen atoms in total. The Morgan fingerprint density at radius 1 is 1.06 bits per heavy atom. The molecule has 0 amide bonds. The van der Waals surface area contributed by atoms with E-state index in [1.165, 1.54) is 5.69 Å². The van der Waals surface area contributed by atoms with Gasteiger partial charge in [-0.05, 0) is 31.2 Å². The van der Waals surface area contributed by atoms with Gasteiger partial charge < -0.3 is 10.2 Å². The van der Waals surface area contributed by atoms with Crippen LogP contribution >= 0.6 is 0 Å². The van der Waals surface area contributed by atoms with Crippen LogP contribution in [0.5, 0.6) is 0 Å². The Bertz CT molecular complexity index is 510. The maximum absolute atomic E-state index is 4.31. The van der Waals surface area contributed by atoms with E-state index in [-0.39, 0.29) is 0 Å². The van der Waals surface area contributed by atoms with Crippen molar-refractivity contribution in [3.8, 4) is 5.69 Å². The molecule has 0 unspecified atom stereocenters. The van der Waals surface area contributed by atoms with Crippen LogP contribution < -0.4 is 10.2 Å². The molecule has 1 aromatic carbocycles. The normalized spacial score (nSPS) is 15.9. The Morgan fingerprint density at radius 3 is 2.33 bits per heavy atom. The molecule has 1 aliphatic heterocycles. The molecule has 2 aromatic rings. The van der Waals surface area contributed by atoms with Crippen molar-refractivity contribution in [1.82, 2.24) is 20.1 Å². The number of nitrogens with one attached hydrogen (secondary N) is 1. The Morgan fingerprint density at radius 2 is 1.72 bits per heavy atom. The molecule has 1 fully saturated rings. The van der Waals surface area contributed by atoms with Gasteiger partial charge in [0.25, 0.3) is 0 Å². The lowest BCUT2D eigenvalue weighted by molar-refractivity contribution is 0.589. The zero-order chi connectivity index (χ0) is 12.4. The number of anilines is 1. The van der Waals surface area contributed by atoms with E-state index in [0.29, 0.717) is 0 Å². The van der Waals surface area contributed by atoms with Gasteiger partial charge in [-0.15, -0.1) is 0 Å². The van der Waals surface area contributed by atoms with E-state index in [4.69, 9.17) is 0 Å². The van der Waals surface area contributed by atoms with E-state index >= 15 is 0 Å². The molecule has 0 aliphatic carbocycles. The summed E-state index contributed by atoms with van der Waals surface area (Å²) in [6.45, 7) is 6.16. The number of nitrogens with zero attached hydrogens (tertiary/aromatic N) is 4. The largest absolute Gasteiger partial charge is 0.369 e. The molecule has 0 atom stereocenters. The number of aryl methyl sites for hydroxylation is 1. The SMILES string of the molecule is Cc1ncn(-c2ccc(N3CCNCC3)cc2)n1. The highest BCUT2D eigenvalue weighted by atomic mass is 15.3. The van der Waals surface area contributed by atoms with Crippen molar-refractivity contribution >= 4 is 5.69 Å². The van der Waals surface area contributed by atoms with E-state index < -0.39 is 0 Å². The third-order valence-corrected chi connectivity index (χ3v) is 3.20. The van der Waals surface area contributed by atoms with Crippen LogP contribution in [-0.2, 0) is 0 Å². The lowest BCUT2D eigenvalue weighted by atomic mass is 10.2. The second-order valence-corrected chi connectivity index (χ2v) is 4.49. The summed E-state index contributed by atoms with van der Waals surface area (Å²) in [5, 5.41) is 7.67. The third-order valence-electron chi connectivity index (χ3n) is 3.20. The number of piperazine rings is 1. The molecule has 94 valence electrons. The summed E-state index contributed by atoms with van der Waals surface area (Å²) in [6, 6.07) is 8.48. The summed E-state index contributed by atoms with van der Waals surface area (Å²) in [5.41, 5.74) is 2.33. The minimum Gasteiger partial charge on any atom is -0.369 e. The van der Waals surface area contributed by atoms with Crippen molar-refractivity contribution in [2.45, 2.75) is 6.92 Å². The maximum atomic E-state index is 4.31. The predicted octanol–water partition coefficient (Wildman–Crippen LogP) is 0.985. The monoisotopic (exact) mass is 243 g/mol. The highest BCUT2D eigenvalue weighted by molar-refractivity contribution is 5.51. The van der Waals surface area contributed by atoms with Crippen LogP contribution in [0.1, 0.15) is 5.82 Å². The number of rotatable bonds is 2. The first kappa shape index (κ1) is 11.2. The van der Waals surface area contributed by atoms with Gasteiger partial charge in [0.2, 0.25) is 0 Å². The van der Waals surface area contributed by atoms with Crippen molar-refractivity contribution in [2.24, 2.45) is 0 Å². The number of hydrogen-bond acceptors (Lipinski definition) is 4. The summed E-state index contributed by atoms with van der Waals surface area (Å²) >= 11 is 0. The molecule has 5 heteroatoms. The molecule has 2 heterocycles. The molecule has 0 spiro atoms. The van der Waals surface area contributed by atoms with Gasteiger partial charge in [0.1, 0.15) is 12.2 Å². The van der Waals surface area contributed by atoms with Crippen LogP contribution in [0.3, 0.4) is 0 Å². The fourth-order valence-corrected chi connectivity index (χ4v) is 2.21. The molecule has 18 heavy (non-hydrogen) atoms. The van der Waals surface area contributed by atoms with E-state index in [9.17, 15) is 0 Å². The lowest BCUT2D eigenvalue weighted by Crippen LogP contribution is -2.43. The van der Waals surface area contributed by atoms with Crippen LogP contribution in [-0.4, -0.2) is 40.9 Å². The van der Waals surface area contributed by atoms with Crippen LogP contribution in [0, 0.1) is 6.92 Å². The molecule has 0 radical (unpaired) electrons. The zero-order valence-electron chi connectivity index (χ0n) is 10.5. The minimum atomic E-state index is 0.793. The fourth-order valence-electron chi connectivity index (χ4n) is 2.21. The Balaban J connectivity index is 1.80. The Labute approximate surface area is 106 Å². The quantitative estimate of drug-likeness (QED) is 0.854. The molecule has 1 aliphatic rings. The van der Waals surface area contributed by atoms with Crippen LogP contribution in [0.4, 0.5) is 5.69 Å². The highest BCUT2D eigenvalue weighted by Crippen LogP contribution is 2.17.